The molecule has 0 aliphatic carbocycles. The van der Waals surface area contributed by atoms with Gasteiger partial charge in [0.05, 0.1) is 5.60 Å². The molecule has 0 amide bonds. The summed E-state index contributed by atoms with van der Waals surface area (Å²) in [6.07, 6.45) is 8.84. The minimum atomic E-state index is 0.0475. The second-order valence-corrected chi connectivity index (χ2v) is 8.13. The quantitative estimate of drug-likeness (QED) is 0.395. The molecule has 1 nitrogen and oxygen atoms in total. The van der Waals surface area contributed by atoms with Gasteiger partial charge in [-0.05, 0) is 69.4 Å². The van der Waals surface area contributed by atoms with Gasteiger partial charge in [0.1, 0.15) is 0 Å². The van der Waals surface area contributed by atoms with Gasteiger partial charge in [-0.2, -0.15) is 0 Å². The Hall–Kier alpha value is -0.820. The molecule has 0 heterocycles. The van der Waals surface area contributed by atoms with E-state index in [1.807, 2.05) is 0 Å². The number of hydrogen-bond acceptors (Lipinski definition) is 1. The van der Waals surface area contributed by atoms with Gasteiger partial charge in [0, 0.05) is 6.61 Å². The van der Waals surface area contributed by atoms with E-state index in [0.29, 0.717) is 5.92 Å². The molecule has 24 heavy (non-hydrogen) atoms. The van der Waals surface area contributed by atoms with Gasteiger partial charge in [-0.15, -0.1) is 0 Å². The molecule has 0 fully saturated rings. The van der Waals surface area contributed by atoms with Gasteiger partial charge < -0.3 is 4.74 Å². The topological polar surface area (TPSA) is 9.23 Å². The molecule has 1 rings (SSSR count). The number of ether oxygens (including phenoxy) is 1. The highest BCUT2D eigenvalue weighted by Crippen LogP contribution is 2.23. The van der Waals surface area contributed by atoms with Crippen molar-refractivity contribution in [3.05, 3.63) is 35.4 Å². The van der Waals surface area contributed by atoms with Crippen LogP contribution in [0.4, 0.5) is 0 Å². The van der Waals surface area contributed by atoms with E-state index >= 15 is 0 Å². The zero-order chi connectivity index (χ0) is 18.0. The Balaban J connectivity index is 2.22. The Morgan fingerprint density at radius 1 is 0.958 bits per heavy atom. The van der Waals surface area contributed by atoms with Crippen molar-refractivity contribution in [2.45, 2.75) is 98.0 Å². The van der Waals surface area contributed by atoms with E-state index in [4.69, 9.17) is 4.74 Å². The largest absolute Gasteiger partial charge is 0.376 e. The fourth-order valence-corrected chi connectivity index (χ4v) is 3.39. The van der Waals surface area contributed by atoms with E-state index in [2.05, 4.69) is 65.8 Å². The van der Waals surface area contributed by atoms with Gasteiger partial charge in [-0.1, -0.05) is 64.3 Å². The second kappa shape index (κ2) is 10.9. The summed E-state index contributed by atoms with van der Waals surface area (Å²) >= 11 is 0. The molecule has 0 aliphatic rings. The van der Waals surface area contributed by atoms with Crippen LogP contribution in [0.2, 0.25) is 0 Å². The fourth-order valence-electron chi connectivity index (χ4n) is 3.39. The molecule has 0 bridgehead atoms. The van der Waals surface area contributed by atoms with Crippen LogP contribution < -0.4 is 0 Å². The molecule has 1 aromatic rings. The van der Waals surface area contributed by atoms with Crippen LogP contribution in [0.25, 0.3) is 0 Å². The standard InChI is InChI=1S/C23H40O/c1-7-20(4)22-16-14-21(15-17-22)13-9-11-19(3)12-10-18-23(5,6)24-8-2/h14-17,19-20H,7-13,18H2,1-6H3. The summed E-state index contributed by atoms with van der Waals surface area (Å²) in [6, 6.07) is 9.30. The predicted octanol–water partition coefficient (Wildman–Crippen LogP) is 7.14. The predicted molar refractivity (Wildman–Crippen MR) is 107 cm³/mol. The van der Waals surface area contributed by atoms with Gasteiger partial charge in [0.15, 0.2) is 0 Å². The molecule has 2 unspecified atom stereocenters. The molecular weight excluding hydrogens is 292 g/mol. The van der Waals surface area contributed by atoms with Crippen molar-refractivity contribution < 1.29 is 4.74 Å². The molecule has 2 atom stereocenters. The summed E-state index contributed by atoms with van der Waals surface area (Å²) < 4.78 is 5.78. The highest BCUT2D eigenvalue weighted by atomic mass is 16.5. The molecule has 1 aromatic carbocycles. The molecule has 138 valence electrons. The van der Waals surface area contributed by atoms with Crippen LogP contribution in [-0.4, -0.2) is 12.2 Å². The minimum absolute atomic E-state index is 0.0475. The number of aryl methyl sites for hydroxylation is 1. The molecule has 0 N–H and O–H groups in total. The second-order valence-electron chi connectivity index (χ2n) is 8.13. The summed E-state index contributed by atoms with van der Waals surface area (Å²) in [4.78, 5) is 0. The molecule has 0 aliphatic heterocycles. The van der Waals surface area contributed by atoms with Crippen LogP contribution in [0.1, 0.15) is 97.1 Å². The van der Waals surface area contributed by atoms with E-state index in [1.165, 1.54) is 56.1 Å². The molecule has 1 heteroatoms. The Morgan fingerprint density at radius 2 is 1.58 bits per heavy atom. The van der Waals surface area contributed by atoms with Crippen LogP contribution >= 0.6 is 0 Å². The Bertz CT molecular complexity index is 432. The van der Waals surface area contributed by atoms with Crippen LogP contribution in [0.5, 0.6) is 0 Å². The van der Waals surface area contributed by atoms with Crippen molar-refractivity contribution in [1.29, 1.82) is 0 Å². The van der Waals surface area contributed by atoms with E-state index in [1.54, 1.807) is 0 Å². The zero-order valence-electron chi connectivity index (χ0n) is 17.0. The van der Waals surface area contributed by atoms with Crippen molar-refractivity contribution in [3.63, 3.8) is 0 Å². The molecule has 0 saturated heterocycles. The van der Waals surface area contributed by atoms with E-state index in [-0.39, 0.29) is 5.60 Å². The maximum Gasteiger partial charge on any atom is 0.0626 e. The Labute approximate surface area is 151 Å². The van der Waals surface area contributed by atoms with Crippen molar-refractivity contribution in [3.8, 4) is 0 Å². The first kappa shape index (κ1) is 21.2. The Morgan fingerprint density at radius 3 is 2.17 bits per heavy atom. The molecule has 0 radical (unpaired) electrons. The van der Waals surface area contributed by atoms with E-state index < -0.39 is 0 Å². The molecular formula is C23H40O. The fraction of sp³-hybridized carbons (Fsp3) is 0.739. The minimum Gasteiger partial charge on any atom is -0.376 e. The van der Waals surface area contributed by atoms with Crippen LogP contribution in [0, 0.1) is 5.92 Å². The van der Waals surface area contributed by atoms with Gasteiger partial charge in [0.2, 0.25) is 0 Å². The average molecular weight is 333 g/mol. The third kappa shape index (κ3) is 8.33. The highest BCUT2D eigenvalue weighted by Gasteiger charge is 2.17. The lowest BCUT2D eigenvalue weighted by atomic mass is 9.92. The molecule has 0 aromatic heterocycles. The normalized spacial score (nSPS) is 14.6. The van der Waals surface area contributed by atoms with Gasteiger partial charge >= 0.3 is 0 Å². The first-order valence-corrected chi connectivity index (χ1v) is 10.1. The molecule has 0 saturated carbocycles. The van der Waals surface area contributed by atoms with Crippen molar-refractivity contribution in [2.24, 2.45) is 5.92 Å². The first-order valence-electron chi connectivity index (χ1n) is 10.1. The van der Waals surface area contributed by atoms with Crippen LogP contribution in [0.3, 0.4) is 0 Å². The maximum atomic E-state index is 5.78. The van der Waals surface area contributed by atoms with Gasteiger partial charge in [0.25, 0.3) is 0 Å². The van der Waals surface area contributed by atoms with Crippen molar-refractivity contribution in [1.82, 2.24) is 0 Å². The summed E-state index contributed by atoms with van der Waals surface area (Å²) in [5.41, 5.74) is 3.02. The maximum absolute atomic E-state index is 5.78. The number of benzene rings is 1. The third-order valence-electron chi connectivity index (χ3n) is 5.33. The highest BCUT2D eigenvalue weighted by molar-refractivity contribution is 5.25. The lowest BCUT2D eigenvalue weighted by molar-refractivity contribution is -0.0183. The van der Waals surface area contributed by atoms with Gasteiger partial charge in [-0.3, -0.25) is 0 Å². The smallest absolute Gasteiger partial charge is 0.0626 e. The SMILES string of the molecule is CCOC(C)(C)CCCC(C)CCCc1ccc(C(C)CC)cc1. The van der Waals surface area contributed by atoms with E-state index in [9.17, 15) is 0 Å². The Kier molecular flexibility index (Phi) is 9.66. The molecule has 0 spiro atoms. The van der Waals surface area contributed by atoms with Crippen LogP contribution in [0.15, 0.2) is 24.3 Å². The summed E-state index contributed by atoms with van der Waals surface area (Å²) in [5.74, 6) is 1.50. The lowest BCUT2D eigenvalue weighted by Crippen LogP contribution is -2.24. The lowest BCUT2D eigenvalue weighted by Gasteiger charge is -2.25. The van der Waals surface area contributed by atoms with Crippen molar-refractivity contribution in [2.75, 3.05) is 6.61 Å². The van der Waals surface area contributed by atoms with Gasteiger partial charge in [-0.25, -0.2) is 0 Å². The zero-order valence-corrected chi connectivity index (χ0v) is 17.0. The average Bonchev–Trinajstić information content (AvgIpc) is 2.54. The van der Waals surface area contributed by atoms with Crippen molar-refractivity contribution >= 4 is 0 Å². The number of rotatable bonds is 12. The summed E-state index contributed by atoms with van der Waals surface area (Å²) in [6.45, 7) is 14.3. The van der Waals surface area contributed by atoms with Crippen LogP contribution in [-0.2, 0) is 11.2 Å². The first-order chi connectivity index (χ1) is 11.4. The summed E-state index contributed by atoms with van der Waals surface area (Å²) in [5, 5.41) is 0. The summed E-state index contributed by atoms with van der Waals surface area (Å²) in [7, 11) is 0. The third-order valence-corrected chi connectivity index (χ3v) is 5.33. The number of hydrogen-bond donors (Lipinski definition) is 0. The monoisotopic (exact) mass is 332 g/mol. The van der Waals surface area contributed by atoms with E-state index in [0.717, 1.165) is 12.5 Å².